The number of aliphatic imine (C=N–C) groups is 2. The van der Waals surface area contributed by atoms with Crippen molar-refractivity contribution in [3.63, 3.8) is 0 Å². The molecule has 0 fully saturated rings. The molecule has 0 aromatic heterocycles. The zero-order valence-electron chi connectivity index (χ0n) is 64.6. The van der Waals surface area contributed by atoms with E-state index in [4.69, 9.17) is 23.6 Å². The van der Waals surface area contributed by atoms with Crippen LogP contribution in [0.2, 0.25) is 0 Å². The predicted molar refractivity (Wildman–Crippen MR) is 444 cm³/mol. The predicted octanol–water partition coefficient (Wildman–Crippen LogP) is 20.2. The highest BCUT2D eigenvalue weighted by molar-refractivity contribution is 9.10. The van der Waals surface area contributed by atoms with E-state index in [1.807, 2.05) is 72.8 Å². The number of carbonyl (C=O) groups is 3. The van der Waals surface area contributed by atoms with Crippen molar-refractivity contribution in [2.24, 2.45) is 27.2 Å². The fraction of sp³-hybridized carbons (Fsp3) is 0.176. The second kappa shape index (κ2) is 52.6. The summed E-state index contributed by atoms with van der Waals surface area (Å²) in [6, 6.07) is 69.3. The first kappa shape index (κ1) is 98.4. The van der Waals surface area contributed by atoms with Gasteiger partial charge in [-0.1, -0.05) is 179 Å². The molecule has 1 aliphatic rings. The van der Waals surface area contributed by atoms with Gasteiger partial charge in [-0.3, -0.25) is 14.7 Å². The lowest BCUT2D eigenvalue weighted by Crippen LogP contribution is -2.41. The van der Waals surface area contributed by atoms with E-state index < -0.39 is 63.4 Å². The monoisotopic (exact) mass is 1760 g/mol. The van der Waals surface area contributed by atoms with Crippen LogP contribution in [0.15, 0.2) is 294 Å². The van der Waals surface area contributed by atoms with E-state index in [-0.39, 0.29) is 58.4 Å². The zero-order valence-corrected chi connectivity index (χ0v) is 67.1. The Hall–Kier alpha value is -13.2. The number of alkyl halides is 10. The van der Waals surface area contributed by atoms with Gasteiger partial charge in [-0.25, -0.2) is 13.8 Å². The largest absolute Gasteiger partial charge is 0.435 e. The average Bonchev–Trinajstić information content (AvgIpc) is 1.60. The number of rotatable bonds is 25. The standard InChI is InChI=1S/C21H19F4N3O2.C19H14F4O.C18H14F2O2.C13H11F2OP.C9H9BrO.C9H6F2O.C2H7N3/c1-28-18(29)21(27-20(28)26,14-8-10-16(11-9-14)30-19(24)25)15-6-2-4-13(12-15)5-3-7-17(22)23;20-18(21)6-2-5-15-3-1-4-16(13-15)8-7-14-9-11-17(12-10-14)24-19(22)23;19-18(20)22-17-10-8-14(9-11-17)6-7-16-4-1-3-15(13-16)5-2-12-21;14-13(15)17(16,11-7-3-1-4-8-11)12-9-5-2-6-10-12;10-9-5-1-3-8(7-9)4-2-6-11;1-2-7-3-5-8(6-4-7)12-9(10)11;1-5-2(3)4/h2,4,6-12,19H,3,5H2,1H3,(H2,26,27);1,3-4,6,9-13,19H,2,5H2;1,3-4,8-13,18H,2,5H2;1-10,13H;1,3,5-7H,2,4H2;1,3-6,9H;1H3,(H4,3,4,5). The number of guanidine groups is 2. The van der Waals surface area contributed by atoms with Gasteiger partial charge in [-0.2, -0.15) is 52.7 Å². The van der Waals surface area contributed by atoms with Crippen LogP contribution >= 0.6 is 23.1 Å². The molecule has 0 saturated heterocycles. The van der Waals surface area contributed by atoms with Crippen LogP contribution in [0.25, 0.3) is 0 Å². The number of ether oxygens (including phenoxy) is 4. The number of carbonyl (C=O) groups excluding carboxylic acids is 3. The maximum absolute atomic E-state index is 13.2. The molecule has 14 nitrogen and oxygen atoms in total. The summed E-state index contributed by atoms with van der Waals surface area (Å²) >= 11 is 3.37. The second-order valence-electron chi connectivity index (χ2n) is 24.8. The molecule has 11 rings (SSSR count). The summed E-state index contributed by atoms with van der Waals surface area (Å²) in [4.78, 5) is 42.6. The molecular weight excluding hydrogens is 1680 g/mol. The van der Waals surface area contributed by atoms with E-state index in [0.717, 1.165) is 63.4 Å². The Morgan fingerprint density at radius 1 is 0.471 bits per heavy atom. The Bertz CT molecular complexity index is 5190. The Balaban J connectivity index is 0.000000262. The highest BCUT2D eigenvalue weighted by Gasteiger charge is 2.49. The van der Waals surface area contributed by atoms with Crippen LogP contribution in [0.1, 0.15) is 86.9 Å². The molecule has 121 heavy (non-hydrogen) atoms. The molecule has 1 heterocycles. The highest BCUT2D eigenvalue weighted by Crippen LogP contribution is 2.50. The van der Waals surface area contributed by atoms with Crippen LogP contribution in [0.4, 0.5) is 61.5 Å². The minimum Gasteiger partial charge on any atom is -0.435 e. The Kier molecular flexibility index (Phi) is 42.8. The first-order valence-corrected chi connectivity index (χ1v) is 38.7. The summed E-state index contributed by atoms with van der Waals surface area (Å²) in [6.45, 7) is -11.4. The Morgan fingerprint density at radius 3 is 1.14 bits per heavy atom. The number of nitrogens with zero attached hydrogens (tertiary/aromatic N) is 3. The van der Waals surface area contributed by atoms with E-state index in [1.54, 1.807) is 84.9 Å². The van der Waals surface area contributed by atoms with Crippen molar-refractivity contribution in [1.29, 1.82) is 0 Å². The van der Waals surface area contributed by atoms with Gasteiger partial charge in [0, 0.05) is 69.8 Å². The number of hydrogen-bond acceptors (Lipinski definition) is 11. The normalized spacial score (nSPS) is 12.1. The number of benzene rings is 10. The molecule has 1 atom stereocenters. The van der Waals surface area contributed by atoms with E-state index >= 15 is 0 Å². The fourth-order valence-corrected chi connectivity index (χ4v) is 13.0. The Labute approximate surface area is 699 Å². The fourth-order valence-electron chi connectivity index (χ4n) is 10.6. The third kappa shape index (κ3) is 35.5. The highest BCUT2D eigenvalue weighted by atomic mass is 79.9. The molecule has 0 aliphatic carbocycles. The van der Waals surface area contributed by atoms with Crippen molar-refractivity contribution in [2.45, 2.75) is 89.5 Å². The summed E-state index contributed by atoms with van der Waals surface area (Å²) < 4.78 is 202. The van der Waals surface area contributed by atoms with E-state index in [1.165, 1.54) is 122 Å². The summed E-state index contributed by atoms with van der Waals surface area (Å²) in [5, 5.41) is 0.391. The summed E-state index contributed by atoms with van der Waals surface area (Å²) in [7, 11) is -0.810. The van der Waals surface area contributed by atoms with E-state index in [2.05, 4.69) is 74.5 Å². The number of hydrogen-bond donors (Lipinski definition) is 3. The van der Waals surface area contributed by atoms with Gasteiger partial charge in [-0.15, -0.1) is 6.42 Å². The van der Waals surface area contributed by atoms with Crippen LogP contribution in [0.3, 0.4) is 0 Å². The lowest BCUT2D eigenvalue weighted by Gasteiger charge is -2.26. The lowest BCUT2D eigenvalue weighted by molar-refractivity contribution is -0.129. The zero-order chi connectivity index (χ0) is 88.7. The van der Waals surface area contributed by atoms with Crippen molar-refractivity contribution in [3.05, 3.63) is 345 Å². The maximum Gasteiger partial charge on any atom is 0.387 e. The van der Waals surface area contributed by atoms with Gasteiger partial charge in [0.15, 0.2) is 17.5 Å². The molecular formula is C91H80BrF14N6O8P. The van der Waals surface area contributed by atoms with Crippen molar-refractivity contribution < 1.29 is 99.4 Å². The number of terminal acetylenes is 1. The van der Waals surface area contributed by atoms with Crippen molar-refractivity contribution in [1.82, 2.24) is 4.90 Å². The molecule has 30 heteroatoms. The maximum atomic E-state index is 13.2. The van der Waals surface area contributed by atoms with Gasteiger partial charge in [0.05, 0.1) is 0 Å². The first-order valence-electron chi connectivity index (χ1n) is 36.1. The summed E-state index contributed by atoms with van der Waals surface area (Å²) in [6.07, 6.45) is 6.18. The summed E-state index contributed by atoms with van der Waals surface area (Å²) in [5.41, 5.74) is 22.4. The van der Waals surface area contributed by atoms with Crippen molar-refractivity contribution in [2.75, 3.05) is 14.1 Å². The quantitative estimate of drug-likeness (QED) is 0.0122. The van der Waals surface area contributed by atoms with Gasteiger partial charge in [-0.05, 0) is 205 Å². The number of allylic oxidation sites excluding steroid dienone is 2. The molecule has 1 amide bonds. The third-order valence-corrected chi connectivity index (χ3v) is 19.5. The molecule has 0 saturated carbocycles. The van der Waals surface area contributed by atoms with Gasteiger partial charge < -0.3 is 50.3 Å². The van der Waals surface area contributed by atoms with Crippen molar-refractivity contribution >= 4 is 64.1 Å². The smallest absolute Gasteiger partial charge is 0.387 e. The molecule has 6 N–H and O–H groups in total. The lowest BCUT2D eigenvalue weighted by atomic mass is 9.82. The number of nitrogens with two attached hydrogens (primary N) is 3. The second-order valence-corrected chi connectivity index (χ2v) is 28.4. The molecule has 1 aliphatic heterocycles. The van der Waals surface area contributed by atoms with Crippen LogP contribution in [-0.2, 0) is 50.2 Å². The number of halogens is 15. The van der Waals surface area contributed by atoms with E-state index in [0.29, 0.717) is 59.9 Å². The minimum absolute atomic E-state index is 0.000689. The molecule has 632 valence electrons. The number of aryl methyl sites for hydroxylation is 4. The number of likely N-dealkylation sites (N-methyl/N-ethyl adjacent to an activating group) is 1. The van der Waals surface area contributed by atoms with Crippen LogP contribution < -0.4 is 46.8 Å². The molecule has 0 bridgehead atoms. The van der Waals surface area contributed by atoms with Crippen LogP contribution in [-0.4, -0.2) is 82.0 Å². The van der Waals surface area contributed by atoms with Crippen LogP contribution in [0.5, 0.6) is 23.0 Å². The average molecular weight is 1760 g/mol. The molecule has 0 radical (unpaired) electrons. The molecule has 10 aromatic rings. The topological polar surface area (TPSA) is 211 Å². The van der Waals surface area contributed by atoms with Gasteiger partial charge in [0.25, 0.3) is 24.2 Å². The minimum atomic E-state index is -3.83. The van der Waals surface area contributed by atoms with Gasteiger partial charge in [0.1, 0.15) is 35.6 Å². The summed E-state index contributed by atoms with van der Waals surface area (Å²) in [5.74, 6) is 14.2. The number of aldehydes is 2. The van der Waals surface area contributed by atoms with Gasteiger partial charge in [0.2, 0.25) is 7.14 Å². The van der Waals surface area contributed by atoms with Gasteiger partial charge >= 0.3 is 26.4 Å². The SMILES string of the molecule is C#Cc1ccc(OC(F)F)cc1.CN1C(=O)C(c2ccc(OC(F)F)cc2)(c2cccc(CCC=C(F)F)c2)N=C1N.CN=C(N)N.FC(F)=CCCc1cccc(C#Cc2ccc(OC(F)F)cc2)c1.O=CCCc1cccc(Br)c1.O=CCCc1cccc(C#Cc2ccc(OC(F)F)cc2)c1.O=P(c1ccccc1)(c1ccccc1)C(F)F. The molecule has 10 aromatic carbocycles. The van der Waals surface area contributed by atoms with E-state index in [9.17, 15) is 80.4 Å². The Morgan fingerprint density at radius 2 is 0.810 bits per heavy atom. The van der Waals surface area contributed by atoms with Crippen LogP contribution in [0, 0.1) is 36.0 Å². The molecule has 1 unspecified atom stereocenters. The third-order valence-electron chi connectivity index (χ3n) is 16.3. The number of amides is 1. The molecule has 0 spiro atoms. The van der Waals surface area contributed by atoms with Crippen molar-refractivity contribution in [3.8, 4) is 59.0 Å². The first-order chi connectivity index (χ1) is 57.9.